The maximum Gasteiger partial charge on any atom is 0.238 e. The van der Waals surface area contributed by atoms with Crippen molar-refractivity contribution in [2.75, 3.05) is 0 Å². The van der Waals surface area contributed by atoms with Gasteiger partial charge in [0.25, 0.3) is 0 Å². The summed E-state index contributed by atoms with van der Waals surface area (Å²) < 4.78 is 5.77. The standard InChI is InChI=1S/C35H28O11/c1-15-8-23(20-5-3-17(36)11-26(20)40)30(32(43)21-6-4-18(37)12-27(21)41)24(9-15)22-10-16(2-7-25(22)39)35-34(45)33(44)31-28(42)13-19(38)14-29(31)46-35/h2,7,9-14,23-24,30,36,38-43,45H,3,5,8H2,1H3. The number of aromatic hydroxyl groups is 4. The third-order valence-corrected chi connectivity index (χ3v) is 8.55. The first-order chi connectivity index (χ1) is 21.8. The molecule has 0 bridgehead atoms. The summed E-state index contributed by atoms with van der Waals surface area (Å²) in [5, 5.41) is 85.1. The van der Waals surface area contributed by atoms with Gasteiger partial charge in [0, 0.05) is 53.7 Å². The molecule has 3 unspecified atom stereocenters. The lowest BCUT2D eigenvalue weighted by atomic mass is 9.65. The van der Waals surface area contributed by atoms with E-state index in [1.54, 1.807) is 6.08 Å². The van der Waals surface area contributed by atoms with Gasteiger partial charge in [-0.15, -0.1) is 0 Å². The molecular weight excluding hydrogens is 596 g/mol. The zero-order valence-corrected chi connectivity index (χ0v) is 24.3. The van der Waals surface area contributed by atoms with Crippen molar-refractivity contribution in [3.8, 4) is 46.2 Å². The van der Waals surface area contributed by atoms with Gasteiger partial charge in [-0.25, -0.2) is 0 Å². The van der Waals surface area contributed by atoms with E-state index in [0.29, 0.717) is 12.0 Å². The fourth-order valence-electron chi connectivity index (χ4n) is 6.49. The van der Waals surface area contributed by atoms with Crippen molar-refractivity contribution in [1.29, 1.82) is 0 Å². The van der Waals surface area contributed by atoms with Crippen LogP contribution < -0.4 is 5.43 Å². The zero-order chi connectivity index (χ0) is 33.0. The Morgan fingerprint density at radius 2 is 1.67 bits per heavy atom. The number of aliphatic hydroxyl groups is 4. The highest BCUT2D eigenvalue weighted by molar-refractivity contribution is 6.07. The van der Waals surface area contributed by atoms with Gasteiger partial charge in [0.1, 0.15) is 51.1 Å². The third-order valence-electron chi connectivity index (χ3n) is 8.55. The normalized spacial score (nSPS) is 22.5. The molecule has 46 heavy (non-hydrogen) atoms. The number of carbonyl (C=O) groups is 1. The second kappa shape index (κ2) is 11.2. The molecule has 0 spiro atoms. The first-order valence-corrected chi connectivity index (χ1v) is 14.3. The largest absolute Gasteiger partial charge is 0.512 e. The molecule has 0 radical (unpaired) electrons. The van der Waals surface area contributed by atoms with Crippen LogP contribution in [0.2, 0.25) is 0 Å². The van der Waals surface area contributed by atoms with E-state index in [4.69, 9.17) is 4.42 Å². The van der Waals surface area contributed by atoms with Crippen molar-refractivity contribution < 1.29 is 50.1 Å². The Hall–Kier alpha value is -6.02. The number of allylic oxidation sites excluding steroid dienone is 8. The first kappa shape index (κ1) is 30.0. The fraction of sp³-hybridized carbons (Fsp3) is 0.200. The molecule has 11 nitrogen and oxygen atoms in total. The average Bonchev–Trinajstić information content (AvgIpc) is 2.98. The van der Waals surface area contributed by atoms with Gasteiger partial charge in [-0.05, 0) is 55.4 Å². The summed E-state index contributed by atoms with van der Waals surface area (Å²) in [7, 11) is 0. The molecule has 0 saturated heterocycles. The van der Waals surface area contributed by atoms with Crippen LogP contribution in [0.5, 0.6) is 23.0 Å². The molecule has 3 atom stereocenters. The number of rotatable bonds is 4. The highest BCUT2D eigenvalue weighted by Gasteiger charge is 2.42. The van der Waals surface area contributed by atoms with E-state index < -0.39 is 52.0 Å². The monoisotopic (exact) mass is 624 g/mol. The number of benzene rings is 2. The Balaban J connectivity index is 1.57. The number of ketones is 1. The molecule has 0 fully saturated rings. The molecule has 3 aliphatic rings. The molecule has 1 aromatic heterocycles. The number of fused-ring (bicyclic) bond motifs is 1. The average molecular weight is 625 g/mol. The minimum atomic E-state index is -0.977. The van der Waals surface area contributed by atoms with Crippen LogP contribution in [0.4, 0.5) is 0 Å². The van der Waals surface area contributed by atoms with Crippen LogP contribution in [0.15, 0.2) is 97.5 Å². The molecule has 0 aliphatic heterocycles. The van der Waals surface area contributed by atoms with Gasteiger partial charge < -0.3 is 45.3 Å². The molecule has 0 saturated carbocycles. The zero-order valence-electron chi connectivity index (χ0n) is 24.3. The van der Waals surface area contributed by atoms with E-state index in [2.05, 4.69) is 11.8 Å². The van der Waals surface area contributed by atoms with E-state index in [-0.39, 0.29) is 69.3 Å². The SMILES string of the molecule is CC1=CC(c2cc(-c3oc4cc(O)cc(O)c4c(=O)c3O)ccc2O)C(C(O)=C2C#CC(=O)C=C2O)C(C2=C(O)C=C(O)CC2)C1. The first-order valence-electron chi connectivity index (χ1n) is 14.3. The highest BCUT2D eigenvalue weighted by Crippen LogP contribution is 2.51. The lowest BCUT2D eigenvalue weighted by Crippen LogP contribution is -2.31. The minimum absolute atomic E-state index is 0.0131. The van der Waals surface area contributed by atoms with Crippen molar-refractivity contribution in [2.24, 2.45) is 11.8 Å². The topological polar surface area (TPSA) is 209 Å². The quantitative estimate of drug-likeness (QED) is 0.0748. The fourth-order valence-corrected chi connectivity index (χ4v) is 6.49. The molecule has 1 heterocycles. The molecule has 0 amide bonds. The lowest BCUT2D eigenvalue weighted by Gasteiger charge is -2.39. The third kappa shape index (κ3) is 5.09. The van der Waals surface area contributed by atoms with Crippen LogP contribution in [0.3, 0.4) is 0 Å². The smallest absolute Gasteiger partial charge is 0.238 e. The molecule has 234 valence electrons. The molecule has 2 aromatic carbocycles. The van der Waals surface area contributed by atoms with E-state index in [9.17, 15) is 50.4 Å². The lowest BCUT2D eigenvalue weighted by molar-refractivity contribution is -0.109. The van der Waals surface area contributed by atoms with Gasteiger partial charge in [-0.2, -0.15) is 0 Å². The van der Waals surface area contributed by atoms with Gasteiger partial charge in [-0.1, -0.05) is 17.6 Å². The predicted octanol–water partition coefficient (Wildman–Crippen LogP) is 5.84. The summed E-state index contributed by atoms with van der Waals surface area (Å²) in [6, 6.07) is 6.16. The van der Waals surface area contributed by atoms with Crippen molar-refractivity contribution in [1.82, 2.24) is 0 Å². The second-order valence-electron chi connectivity index (χ2n) is 11.5. The van der Waals surface area contributed by atoms with Gasteiger partial charge in [0.15, 0.2) is 5.76 Å². The Labute approximate surface area is 260 Å². The van der Waals surface area contributed by atoms with Crippen LogP contribution in [-0.2, 0) is 4.79 Å². The molecule has 6 rings (SSSR count). The van der Waals surface area contributed by atoms with Gasteiger partial charge in [-0.3, -0.25) is 9.59 Å². The Morgan fingerprint density at radius 1 is 0.913 bits per heavy atom. The molecule has 3 aliphatic carbocycles. The van der Waals surface area contributed by atoms with Crippen LogP contribution in [0, 0.1) is 23.7 Å². The Bertz CT molecular complexity index is 2130. The molecule has 11 heteroatoms. The number of hydrogen-bond donors (Lipinski definition) is 8. The minimum Gasteiger partial charge on any atom is -0.512 e. The predicted molar refractivity (Wildman–Crippen MR) is 165 cm³/mol. The summed E-state index contributed by atoms with van der Waals surface area (Å²) in [5.74, 6) is -1.79. The summed E-state index contributed by atoms with van der Waals surface area (Å²) in [6.45, 7) is 1.83. The Morgan fingerprint density at radius 3 is 2.39 bits per heavy atom. The van der Waals surface area contributed by atoms with Crippen LogP contribution >= 0.6 is 0 Å². The van der Waals surface area contributed by atoms with E-state index in [0.717, 1.165) is 23.8 Å². The van der Waals surface area contributed by atoms with Crippen molar-refractivity contribution >= 4 is 16.8 Å². The Kier molecular flexibility index (Phi) is 7.28. The number of hydrogen-bond acceptors (Lipinski definition) is 11. The second-order valence-corrected chi connectivity index (χ2v) is 11.5. The summed E-state index contributed by atoms with van der Waals surface area (Å²) in [5.41, 5.74) is 0.313. The van der Waals surface area contributed by atoms with E-state index in [1.807, 2.05) is 6.92 Å². The molecule has 8 N–H and O–H groups in total. The van der Waals surface area contributed by atoms with E-state index >= 15 is 0 Å². The van der Waals surface area contributed by atoms with Gasteiger partial charge in [0.2, 0.25) is 17.0 Å². The van der Waals surface area contributed by atoms with Crippen LogP contribution in [0.25, 0.3) is 22.3 Å². The number of carbonyl (C=O) groups excluding carboxylic acids is 1. The summed E-state index contributed by atoms with van der Waals surface area (Å²) in [6.07, 6.45) is 4.74. The summed E-state index contributed by atoms with van der Waals surface area (Å²) in [4.78, 5) is 24.8. The highest BCUT2D eigenvalue weighted by atomic mass is 16.4. The van der Waals surface area contributed by atoms with Crippen molar-refractivity contribution in [3.63, 3.8) is 0 Å². The maximum atomic E-state index is 13.0. The van der Waals surface area contributed by atoms with Crippen LogP contribution in [-0.4, -0.2) is 46.6 Å². The van der Waals surface area contributed by atoms with Gasteiger partial charge >= 0.3 is 0 Å². The van der Waals surface area contributed by atoms with Crippen molar-refractivity contribution in [3.05, 3.63) is 104 Å². The van der Waals surface area contributed by atoms with Gasteiger partial charge in [0.05, 0.1) is 5.76 Å². The molecular formula is C35H28O11. The van der Waals surface area contributed by atoms with E-state index in [1.165, 1.54) is 24.3 Å². The number of phenolic OH excluding ortho intramolecular Hbond substituents is 3. The maximum absolute atomic E-state index is 13.0. The van der Waals surface area contributed by atoms with Crippen molar-refractivity contribution in [2.45, 2.75) is 32.1 Å². The summed E-state index contributed by atoms with van der Waals surface area (Å²) >= 11 is 0. The number of phenols is 3. The molecule has 3 aromatic rings. The van der Waals surface area contributed by atoms with Crippen LogP contribution in [0.1, 0.15) is 37.7 Å². The number of aliphatic hydroxyl groups excluding tert-OH is 4.